The van der Waals surface area contributed by atoms with Crippen LogP contribution in [0, 0.1) is 5.92 Å². The third-order valence-electron chi connectivity index (χ3n) is 4.10. The molecule has 1 N–H and O–H groups in total. The van der Waals surface area contributed by atoms with Gasteiger partial charge in [-0.1, -0.05) is 48.8 Å². The number of aromatic nitrogens is 2. The van der Waals surface area contributed by atoms with Crippen LogP contribution in [0.25, 0.3) is 0 Å². The molecule has 0 amide bonds. The molecule has 3 nitrogen and oxygen atoms in total. The third-order valence-corrected chi connectivity index (χ3v) is 5.63. The second-order valence-electron chi connectivity index (χ2n) is 6.61. The zero-order valence-corrected chi connectivity index (χ0v) is 16.3. The Morgan fingerprint density at radius 3 is 2.46 bits per heavy atom. The molecule has 0 radical (unpaired) electrons. The smallest absolute Gasteiger partial charge is 0.112 e. The van der Waals surface area contributed by atoms with Gasteiger partial charge in [0.1, 0.15) is 10.9 Å². The first kappa shape index (κ1) is 18.1. The minimum atomic E-state index is 0.117. The van der Waals surface area contributed by atoms with Crippen LogP contribution in [0.2, 0.25) is 10.0 Å². The summed E-state index contributed by atoms with van der Waals surface area (Å²) in [5.74, 6) is 2.03. The van der Waals surface area contributed by atoms with E-state index < -0.39 is 0 Å². The Hall–Kier alpha value is -0.680. The van der Waals surface area contributed by atoms with Gasteiger partial charge in [0, 0.05) is 27.9 Å². The van der Waals surface area contributed by atoms with Crippen LogP contribution in [-0.4, -0.2) is 21.3 Å². The van der Waals surface area contributed by atoms with Gasteiger partial charge in [-0.15, -0.1) is 0 Å². The largest absolute Gasteiger partial charge is 0.396 e. The van der Waals surface area contributed by atoms with Crippen molar-refractivity contribution in [1.29, 1.82) is 0 Å². The Labute approximate surface area is 157 Å². The van der Waals surface area contributed by atoms with E-state index in [2.05, 4.69) is 18.4 Å². The predicted molar refractivity (Wildman–Crippen MR) is 100 cm³/mol. The van der Waals surface area contributed by atoms with Crippen LogP contribution >= 0.6 is 35.0 Å². The van der Waals surface area contributed by atoms with Crippen LogP contribution in [0.1, 0.15) is 44.1 Å². The summed E-state index contributed by atoms with van der Waals surface area (Å²) in [5.41, 5.74) is 1.08. The molecule has 1 saturated carbocycles. The molecule has 6 heteroatoms. The molecule has 1 aliphatic carbocycles. The summed E-state index contributed by atoms with van der Waals surface area (Å²) in [5, 5.41) is 11.8. The van der Waals surface area contributed by atoms with E-state index >= 15 is 0 Å². The zero-order chi connectivity index (χ0) is 17.3. The Balaban J connectivity index is 2.01. The molecule has 0 unspecified atom stereocenters. The Bertz CT molecular complexity index is 706. The second-order valence-corrected chi connectivity index (χ2v) is 8.54. The van der Waals surface area contributed by atoms with Gasteiger partial charge in [0.15, 0.2) is 0 Å². The number of aliphatic hydroxyl groups is 1. The normalized spacial score (nSPS) is 14.6. The Morgan fingerprint density at radius 1 is 1.25 bits per heavy atom. The molecule has 0 saturated heterocycles. The average Bonchev–Trinajstić information content (AvgIpc) is 3.24. The third kappa shape index (κ3) is 4.29. The van der Waals surface area contributed by atoms with Crippen molar-refractivity contribution in [2.24, 2.45) is 5.92 Å². The molecule has 0 aliphatic heterocycles. The molecule has 0 bridgehead atoms. The highest BCUT2D eigenvalue weighted by atomic mass is 35.5. The van der Waals surface area contributed by atoms with Crippen molar-refractivity contribution in [3.05, 3.63) is 39.8 Å². The van der Waals surface area contributed by atoms with Crippen molar-refractivity contribution in [2.75, 3.05) is 6.61 Å². The average molecular weight is 385 g/mol. The van der Waals surface area contributed by atoms with E-state index in [1.165, 1.54) is 12.8 Å². The lowest BCUT2D eigenvalue weighted by Crippen LogP contribution is -2.08. The zero-order valence-electron chi connectivity index (χ0n) is 13.9. The van der Waals surface area contributed by atoms with Crippen molar-refractivity contribution < 1.29 is 5.11 Å². The molecule has 24 heavy (non-hydrogen) atoms. The van der Waals surface area contributed by atoms with Crippen molar-refractivity contribution in [3.63, 3.8) is 0 Å². The molecule has 3 rings (SSSR count). The van der Waals surface area contributed by atoms with E-state index in [9.17, 15) is 5.11 Å². The summed E-state index contributed by atoms with van der Waals surface area (Å²) in [7, 11) is 0. The highest BCUT2D eigenvalue weighted by Gasteiger charge is 2.27. The predicted octanol–water partition coefficient (Wildman–Crippen LogP) is 5.41. The van der Waals surface area contributed by atoms with Gasteiger partial charge in [-0.2, -0.15) is 0 Å². The molecule has 1 fully saturated rings. The number of halogens is 2. The van der Waals surface area contributed by atoms with Crippen molar-refractivity contribution in [3.8, 4) is 0 Å². The molecule has 1 aromatic carbocycles. The lowest BCUT2D eigenvalue weighted by atomic mass is 10.1. The van der Waals surface area contributed by atoms with Gasteiger partial charge in [0.05, 0.1) is 12.3 Å². The molecular weight excluding hydrogens is 363 g/mol. The lowest BCUT2D eigenvalue weighted by Gasteiger charge is -2.13. The molecule has 1 heterocycles. The van der Waals surface area contributed by atoms with Crippen LogP contribution in [0.5, 0.6) is 0 Å². The first-order valence-corrected chi connectivity index (χ1v) is 9.89. The van der Waals surface area contributed by atoms with Gasteiger partial charge in [0.2, 0.25) is 0 Å². The first-order valence-electron chi connectivity index (χ1n) is 8.32. The molecule has 0 atom stereocenters. The van der Waals surface area contributed by atoms with Crippen LogP contribution in [0.3, 0.4) is 0 Å². The monoisotopic (exact) mass is 384 g/mol. The van der Waals surface area contributed by atoms with E-state index in [1.807, 2.05) is 12.1 Å². The maximum absolute atomic E-state index is 9.40. The fourth-order valence-electron chi connectivity index (χ4n) is 2.72. The molecule has 0 spiro atoms. The van der Waals surface area contributed by atoms with Crippen LogP contribution in [-0.2, 0) is 13.0 Å². The molecule has 130 valence electrons. The van der Waals surface area contributed by atoms with E-state index in [-0.39, 0.29) is 6.61 Å². The number of aliphatic hydroxyl groups excluding tert-OH is 1. The summed E-state index contributed by atoms with van der Waals surface area (Å²) in [6.45, 7) is 5.40. The van der Waals surface area contributed by atoms with Crippen LogP contribution in [0.15, 0.2) is 28.1 Å². The summed E-state index contributed by atoms with van der Waals surface area (Å²) >= 11 is 14.0. The fourth-order valence-corrected chi connectivity index (χ4v) is 4.65. The van der Waals surface area contributed by atoms with Gasteiger partial charge in [-0.05, 0) is 42.9 Å². The van der Waals surface area contributed by atoms with Crippen molar-refractivity contribution >= 4 is 35.0 Å². The van der Waals surface area contributed by atoms with Gasteiger partial charge >= 0.3 is 0 Å². The highest BCUT2D eigenvalue weighted by molar-refractivity contribution is 7.99. The number of nitrogens with zero attached hydrogens (tertiary/aromatic N) is 2. The number of rotatable bonds is 7. The molecule has 1 aliphatic rings. The molecule has 2 aromatic rings. The number of imidazole rings is 1. The summed E-state index contributed by atoms with van der Waals surface area (Å²) in [4.78, 5) is 5.85. The van der Waals surface area contributed by atoms with Gasteiger partial charge in [-0.25, -0.2) is 4.98 Å². The van der Waals surface area contributed by atoms with Gasteiger partial charge in [0.25, 0.3) is 0 Å². The maximum atomic E-state index is 9.40. The quantitative estimate of drug-likeness (QED) is 0.693. The topological polar surface area (TPSA) is 38.1 Å². The summed E-state index contributed by atoms with van der Waals surface area (Å²) in [6.07, 6.45) is 3.14. The summed E-state index contributed by atoms with van der Waals surface area (Å²) < 4.78 is 2.29. The van der Waals surface area contributed by atoms with E-state index in [1.54, 1.807) is 17.8 Å². The van der Waals surface area contributed by atoms with Gasteiger partial charge < -0.3 is 9.67 Å². The standard InChI is InChI=1S/C18H22Cl2N2OS/c1-11(2)17-18(24-15-8-13(19)7-14(20)9-15)22(10-12-3-4-12)16(21-17)5-6-23/h7-9,11-12,23H,3-6,10H2,1-2H3. The van der Waals surface area contributed by atoms with Gasteiger partial charge in [-0.3, -0.25) is 0 Å². The fraction of sp³-hybridized carbons (Fsp3) is 0.500. The first-order chi connectivity index (χ1) is 11.5. The number of hydrogen-bond acceptors (Lipinski definition) is 3. The summed E-state index contributed by atoms with van der Waals surface area (Å²) in [6, 6.07) is 5.61. The van der Waals surface area contributed by atoms with Crippen LogP contribution < -0.4 is 0 Å². The highest BCUT2D eigenvalue weighted by Crippen LogP contribution is 2.39. The van der Waals surface area contributed by atoms with Crippen molar-refractivity contribution in [2.45, 2.75) is 55.5 Å². The van der Waals surface area contributed by atoms with E-state index in [0.29, 0.717) is 22.4 Å². The number of hydrogen-bond donors (Lipinski definition) is 1. The lowest BCUT2D eigenvalue weighted by molar-refractivity contribution is 0.293. The Morgan fingerprint density at radius 2 is 1.92 bits per heavy atom. The van der Waals surface area contributed by atoms with Crippen LogP contribution in [0.4, 0.5) is 0 Å². The minimum Gasteiger partial charge on any atom is -0.396 e. The second kappa shape index (κ2) is 7.69. The van der Waals surface area contributed by atoms with E-state index in [4.69, 9.17) is 28.2 Å². The number of benzene rings is 1. The minimum absolute atomic E-state index is 0.117. The Kier molecular flexibility index (Phi) is 5.81. The SMILES string of the molecule is CC(C)c1nc(CCO)n(CC2CC2)c1Sc1cc(Cl)cc(Cl)c1. The maximum Gasteiger partial charge on any atom is 0.112 e. The molecular formula is C18H22Cl2N2OS. The van der Waals surface area contributed by atoms with Crippen molar-refractivity contribution in [1.82, 2.24) is 9.55 Å². The molecule has 1 aromatic heterocycles. The van der Waals surface area contributed by atoms with E-state index in [0.717, 1.165) is 33.9 Å².